The molecule has 9 heteroatoms. The lowest BCUT2D eigenvalue weighted by atomic mass is 10.1. The minimum atomic E-state index is -3.80. The molecule has 1 saturated heterocycles. The van der Waals surface area contributed by atoms with Crippen molar-refractivity contribution in [2.75, 3.05) is 19.6 Å². The first kappa shape index (κ1) is 18.1. The molecule has 1 unspecified atom stereocenters. The number of likely N-dealkylation sites (tertiary alicyclic amines) is 1. The van der Waals surface area contributed by atoms with Gasteiger partial charge in [0.2, 0.25) is 15.7 Å². The van der Waals surface area contributed by atoms with Crippen molar-refractivity contribution in [1.82, 2.24) is 9.62 Å². The zero-order valence-electron chi connectivity index (χ0n) is 12.7. The van der Waals surface area contributed by atoms with Gasteiger partial charge in [0.05, 0.1) is 11.4 Å². The standard InChI is InChI=1S/C15H17FN2O5S/c1-2-7-17-24(22,23)12-5-3-4-11(9-12)13(19)18-8-6-15(16,10-18)14(20)21/h2-5,9,17H,1,6-8,10H2,(H,20,21). The number of hydrogen-bond acceptors (Lipinski definition) is 4. The average molecular weight is 356 g/mol. The van der Waals surface area contributed by atoms with E-state index in [1.165, 1.54) is 30.3 Å². The molecule has 1 aliphatic heterocycles. The number of rotatable bonds is 6. The Morgan fingerprint density at radius 1 is 1.46 bits per heavy atom. The fourth-order valence-corrected chi connectivity index (χ4v) is 3.40. The summed E-state index contributed by atoms with van der Waals surface area (Å²) in [5.41, 5.74) is -2.42. The number of carboxylic acid groups (broad SMARTS) is 1. The molecule has 1 atom stereocenters. The molecular formula is C15H17FN2O5S. The Labute approximate surface area is 138 Å². The largest absolute Gasteiger partial charge is 0.479 e. The Balaban J connectivity index is 2.22. The maximum Gasteiger partial charge on any atom is 0.343 e. The zero-order valence-corrected chi connectivity index (χ0v) is 13.6. The van der Waals surface area contributed by atoms with Crippen molar-refractivity contribution >= 4 is 21.9 Å². The van der Waals surface area contributed by atoms with Gasteiger partial charge in [-0.05, 0) is 18.2 Å². The lowest BCUT2D eigenvalue weighted by Crippen LogP contribution is -2.39. The van der Waals surface area contributed by atoms with Crippen LogP contribution in [-0.2, 0) is 14.8 Å². The summed E-state index contributed by atoms with van der Waals surface area (Å²) in [6.07, 6.45) is 1.08. The van der Waals surface area contributed by atoms with Crippen molar-refractivity contribution in [1.29, 1.82) is 0 Å². The Morgan fingerprint density at radius 3 is 2.75 bits per heavy atom. The SMILES string of the molecule is C=CCNS(=O)(=O)c1cccc(C(=O)N2CCC(F)(C(=O)O)C2)c1. The topological polar surface area (TPSA) is 104 Å². The second kappa shape index (κ2) is 6.70. The van der Waals surface area contributed by atoms with E-state index >= 15 is 0 Å². The van der Waals surface area contributed by atoms with Gasteiger partial charge in [-0.1, -0.05) is 12.1 Å². The Kier molecular flexibility index (Phi) is 5.05. The number of aliphatic carboxylic acids is 1. The van der Waals surface area contributed by atoms with Gasteiger partial charge in [0.15, 0.2) is 0 Å². The average Bonchev–Trinajstić information content (AvgIpc) is 2.96. The van der Waals surface area contributed by atoms with Gasteiger partial charge in [-0.3, -0.25) is 4.79 Å². The van der Waals surface area contributed by atoms with Crippen molar-refractivity contribution in [2.45, 2.75) is 17.0 Å². The molecule has 0 aromatic heterocycles. The molecule has 2 rings (SSSR count). The molecule has 1 aromatic carbocycles. The highest BCUT2D eigenvalue weighted by Gasteiger charge is 2.47. The van der Waals surface area contributed by atoms with Crippen LogP contribution in [0.1, 0.15) is 16.8 Å². The van der Waals surface area contributed by atoms with Crippen LogP contribution in [0, 0.1) is 0 Å². The predicted molar refractivity (Wildman–Crippen MR) is 83.8 cm³/mol. The van der Waals surface area contributed by atoms with Crippen LogP contribution < -0.4 is 4.72 Å². The van der Waals surface area contributed by atoms with Crippen LogP contribution in [0.2, 0.25) is 0 Å². The van der Waals surface area contributed by atoms with E-state index in [1.807, 2.05) is 0 Å². The molecule has 1 heterocycles. The highest BCUT2D eigenvalue weighted by Crippen LogP contribution is 2.27. The first-order valence-electron chi connectivity index (χ1n) is 7.12. The van der Waals surface area contributed by atoms with Crippen molar-refractivity contribution < 1.29 is 27.5 Å². The molecule has 0 radical (unpaired) electrons. The Morgan fingerprint density at radius 2 is 2.17 bits per heavy atom. The number of hydrogen-bond donors (Lipinski definition) is 2. The number of nitrogens with one attached hydrogen (secondary N) is 1. The second-order valence-corrected chi connectivity index (χ2v) is 7.18. The van der Waals surface area contributed by atoms with E-state index in [9.17, 15) is 22.4 Å². The predicted octanol–water partition coefficient (Wildman–Crippen LogP) is 0.790. The van der Waals surface area contributed by atoms with E-state index < -0.39 is 34.1 Å². The summed E-state index contributed by atoms with van der Waals surface area (Å²) in [5, 5.41) is 8.87. The molecule has 7 nitrogen and oxygen atoms in total. The van der Waals surface area contributed by atoms with Gasteiger partial charge < -0.3 is 10.0 Å². The summed E-state index contributed by atoms with van der Waals surface area (Å²) in [6.45, 7) is 2.84. The summed E-state index contributed by atoms with van der Waals surface area (Å²) in [6, 6.07) is 5.29. The molecule has 24 heavy (non-hydrogen) atoms. The number of amides is 1. The molecule has 2 N–H and O–H groups in total. The summed E-state index contributed by atoms with van der Waals surface area (Å²) >= 11 is 0. The Hall–Kier alpha value is -2.26. The summed E-state index contributed by atoms with van der Waals surface area (Å²) in [7, 11) is -3.80. The lowest BCUT2D eigenvalue weighted by molar-refractivity contribution is -0.149. The number of alkyl halides is 1. The number of sulfonamides is 1. The van der Waals surface area contributed by atoms with E-state index in [-0.39, 0.29) is 30.0 Å². The number of carboxylic acids is 1. The Bertz CT molecular complexity index is 780. The van der Waals surface area contributed by atoms with E-state index in [1.54, 1.807) is 0 Å². The van der Waals surface area contributed by atoms with E-state index in [0.717, 1.165) is 4.90 Å². The number of carbonyl (C=O) groups is 2. The van der Waals surface area contributed by atoms with Gasteiger partial charge >= 0.3 is 5.97 Å². The van der Waals surface area contributed by atoms with E-state index in [0.29, 0.717) is 0 Å². The number of benzene rings is 1. The van der Waals surface area contributed by atoms with Crippen LogP contribution >= 0.6 is 0 Å². The molecule has 0 aliphatic carbocycles. The molecule has 1 amide bonds. The molecule has 0 saturated carbocycles. The van der Waals surface area contributed by atoms with E-state index in [2.05, 4.69) is 11.3 Å². The summed E-state index contributed by atoms with van der Waals surface area (Å²) in [4.78, 5) is 24.2. The monoisotopic (exact) mass is 356 g/mol. The number of nitrogens with zero attached hydrogens (tertiary/aromatic N) is 1. The van der Waals surface area contributed by atoms with Gasteiger partial charge in [0.1, 0.15) is 0 Å². The smallest absolute Gasteiger partial charge is 0.343 e. The van der Waals surface area contributed by atoms with Crippen LogP contribution in [0.15, 0.2) is 41.8 Å². The van der Waals surface area contributed by atoms with Crippen LogP contribution in [-0.4, -0.2) is 55.6 Å². The fourth-order valence-electron chi connectivity index (χ4n) is 2.35. The van der Waals surface area contributed by atoms with Crippen LogP contribution in [0.5, 0.6) is 0 Å². The normalized spacial score (nSPS) is 20.8. The third-order valence-electron chi connectivity index (χ3n) is 3.70. The fraction of sp³-hybridized carbons (Fsp3) is 0.333. The van der Waals surface area contributed by atoms with Crippen molar-refractivity contribution in [3.05, 3.63) is 42.5 Å². The molecular weight excluding hydrogens is 339 g/mol. The van der Waals surface area contributed by atoms with Crippen LogP contribution in [0.3, 0.4) is 0 Å². The number of halogens is 1. The van der Waals surface area contributed by atoms with Gasteiger partial charge in [-0.25, -0.2) is 22.3 Å². The van der Waals surface area contributed by atoms with Crippen molar-refractivity contribution in [3.63, 3.8) is 0 Å². The van der Waals surface area contributed by atoms with Crippen LogP contribution in [0.25, 0.3) is 0 Å². The van der Waals surface area contributed by atoms with Gasteiger partial charge in [-0.2, -0.15) is 0 Å². The third-order valence-corrected chi connectivity index (χ3v) is 5.12. The number of carbonyl (C=O) groups excluding carboxylic acids is 1. The third kappa shape index (κ3) is 3.62. The second-order valence-electron chi connectivity index (χ2n) is 5.42. The summed E-state index contributed by atoms with van der Waals surface area (Å²) < 4.78 is 40.5. The van der Waals surface area contributed by atoms with Gasteiger partial charge in [-0.15, -0.1) is 6.58 Å². The first-order chi connectivity index (χ1) is 11.2. The molecule has 1 aliphatic rings. The lowest BCUT2D eigenvalue weighted by Gasteiger charge is -2.18. The molecule has 0 bridgehead atoms. The first-order valence-corrected chi connectivity index (χ1v) is 8.60. The summed E-state index contributed by atoms with van der Waals surface area (Å²) in [5.74, 6) is -2.22. The minimum absolute atomic E-state index is 0.0373. The zero-order chi connectivity index (χ0) is 18.0. The van der Waals surface area contributed by atoms with Crippen molar-refractivity contribution in [2.24, 2.45) is 0 Å². The molecule has 130 valence electrons. The minimum Gasteiger partial charge on any atom is -0.479 e. The quantitative estimate of drug-likeness (QED) is 0.734. The van der Waals surface area contributed by atoms with Crippen molar-refractivity contribution in [3.8, 4) is 0 Å². The highest BCUT2D eigenvalue weighted by molar-refractivity contribution is 7.89. The maximum absolute atomic E-state index is 14.1. The highest BCUT2D eigenvalue weighted by atomic mass is 32.2. The molecule has 1 fully saturated rings. The molecule has 1 aromatic rings. The maximum atomic E-state index is 14.1. The van der Waals surface area contributed by atoms with Gasteiger partial charge in [0, 0.05) is 25.1 Å². The van der Waals surface area contributed by atoms with Gasteiger partial charge in [0.25, 0.3) is 5.91 Å². The molecule has 0 spiro atoms. The van der Waals surface area contributed by atoms with E-state index in [4.69, 9.17) is 5.11 Å². The van der Waals surface area contributed by atoms with Crippen LogP contribution in [0.4, 0.5) is 4.39 Å².